The van der Waals surface area contributed by atoms with Crippen molar-refractivity contribution in [2.45, 2.75) is 109 Å². The Morgan fingerprint density at radius 2 is 0.781 bits per heavy atom. The molecular weight excluding hydrogens is 775 g/mol. The van der Waals surface area contributed by atoms with E-state index in [0.29, 0.717) is 0 Å². The highest BCUT2D eigenvalue weighted by Gasteiger charge is 2.43. The van der Waals surface area contributed by atoms with E-state index in [1.165, 1.54) is 110 Å². The fourth-order valence-corrected chi connectivity index (χ4v) is 10.3. The number of anilines is 3. The van der Waals surface area contributed by atoms with E-state index in [4.69, 9.17) is 9.97 Å². The van der Waals surface area contributed by atoms with Gasteiger partial charge >= 0.3 is 0 Å². The number of nitrogens with zero attached hydrogens (tertiary/aromatic N) is 3. The van der Waals surface area contributed by atoms with Gasteiger partial charge in [0.2, 0.25) is 0 Å². The van der Waals surface area contributed by atoms with Crippen LogP contribution in [0.3, 0.4) is 0 Å². The molecule has 3 heteroatoms. The van der Waals surface area contributed by atoms with Crippen molar-refractivity contribution in [1.29, 1.82) is 0 Å². The van der Waals surface area contributed by atoms with Gasteiger partial charge in [0, 0.05) is 33.6 Å². The van der Waals surface area contributed by atoms with Gasteiger partial charge in [-0.15, -0.1) is 0 Å². The lowest BCUT2D eigenvalue weighted by molar-refractivity contribution is 0.398. The normalized spacial score (nSPS) is 12.6. The average molecular weight is 838 g/mol. The monoisotopic (exact) mass is 838 g/mol. The number of unbranched alkanes of at least 4 members (excludes halogenated alkanes) is 10. The lowest BCUT2D eigenvalue weighted by Crippen LogP contribution is -2.25. The quantitative estimate of drug-likeness (QED) is 0.0716. The van der Waals surface area contributed by atoms with Crippen LogP contribution in [0.5, 0.6) is 0 Å². The highest BCUT2D eigenvalue weighted by atomic mass is 15.1. The maximum absolute atomic E-state index is 5.55. The van der Waals surface area contributed by atoms with Crippen LogP contribution in [-0.2, 0) is 5.41 Å². The van der Waals surface area contributed by atoms with Gasteiger partial charge < -0.3 is 4.90 Å². The molecule has 0 N–H and O–H groups in total. The van der Waals surface area contributed by atoms with Crippen LogP contribution in [0.4, 0.5) is 17.1 Å². The Labute approximate surface area is 382 Å². The first-order valence-corrected chi connectivity index (χ1v) is 24.3. The number of para-hydroxylation sites is 2. The minimum atomic E-state index is -0.103. The molecule has 0 saturated carbocycles. The first-order valence-electron chi connectivity index (χ1n) is 24.3. The third-order valence-electron chi connectivity index (χ3n) is 13.6. The summed E-state index contributed by atoms with van der Waals surface area (Å²) in [6.45, 7) is 4.63. The summed E-state index contributed by atoms with van der Waals surface area (Å²) in [4.78, 5) is 13.4. The van der Waals surface area contributed by atoms with Gasteiger partial charge in [0.15, 0.2) is 0 Å². The zero-order valence-electron chi connectivity index (χ0n) is 38.0. The standard InChI is InChI=1S/C61H63N3/c1-3-5-7-9-11-25-41-61(42-26-12-10-8-6-4-2)55-43-49(46-35-38-52(39-36-46)64(50-31-21-15-22-32-50)51-33-23-16-24-34-51)37-40-53(55)54-44-57-58(45-56(54)61)63-60(48-29-19-14-20-30-48)59(62-57)47-27-17-13-18-28-47/h13-24,27-40,43-45H,3-12,25-26,41-42H2,1-2H3. The van der Waals surface area contributed by atoms with E-state index in [9.17, 15) is 0 Å². The van der Waals surface area contributed by atoms with Gasteiger partial charge in [-0.2, -0.15) is 0 Å². The molecule has 0 atom stereocenters. The van der Waals surface area contributed by atoms with Crippen LogP contribution >= 0.6 is 0 Å². The van der Waals surface area contributed by atoms with Gasteiger partial charge in [-0.05, 0) is 101 Å². The Morgan fingerprint density at radius 1 is 0.359 bits per heavy atom. The molecule has 0 bridgehead atoms. The predicted molar refractivity (Wildman–Crippen MR) is 273 cm³/mol. The molecule has 1 aliphatic carbocycles. The molecule has 0 unspecified atom stereocenters. The maximum Gasteiger partial charge on any atom is 0.0973 e. The van der Waals surface area contributed by atoms with Crippen molar-refractivity contribution in [3.63, 3.8) is 0 Å². The van der Waals surface area contributed by atoms with Crippen molar-refractivity contribution in [3.05, 3.63) is 187 Å². The van der Waals surface area contributed by atoms with Crippen molar-refractivity contribution < 1.29 is 0 Å². The van der Waals surface area contributed by atoms with Crippen LogP contribution < -0.4 is 4.90 Å². The molecule has 9 rings (SSSR count). The van der Waals surface area contributed by atoms with Gasteiger partial charge in [-0.1, -0.05) is 212 Å². The summed E-state index contributed by atoms with van der Waals surface area (Å²) in [5.74, 6) is 0. The lowest BCUT2D eigenvalue weighted by atomic mass is 9.70. The van der Waals surface area contributed by atoms with Crippen molar-refractivity contribution >= 4 is 28.1 Å². The number of aromatic nitrogens is 2. The molecule has 0 aliphatic heterocycles. The summed E-state index contributed by atoms with van der Waals surface area (Å²) in [6, 6.07) is 64.0. The predicted octanol–water partition coefficient (Wildman–Crippen LogP) is 17.9. The zero-order chi connectivity index (χ0) is 43.6. The topological polar surface area (TPSA) is 29.0 Å². The maximum atomic E-state index is 5.55. The van der Waals surface area contributed by atoms with Gasteiger partial charge in [0.25, 0.3) is 0 Å². The third-order valence-corrected chi connectivity index (χ3v) is 13.6. The number of hydrogen-bond acceptors (Lipinski definition) is 3. The fraction of sp³-hybridized carbons (Fsp3) is 0.279. The summed E-state index contributed by atoms with van der Waals surface area (Å²) in [5.41, 5.74) is 17.5. The van der Waals surface area contributed by atoms with Crippen LogP contribution in [0.25, 0.3) is 55.8 Å². The van der Waals surface area contributed by atoms with Crippen LogP contribution in [0.2, 0.25) is 0 Å². The Kier molecular flexibility index (Phi) is 13.7. The largest absolute Gasteiger partial charge is 0.311 e. The second-order valence-corrected chi connectivity index (χ2v) is 18.0. The molecule has 1 heterocycles. The van der Waals surface area contributed by atoms with E-state index < -0.39 is 0 Å². The lowest BCUT2D eigenvalue weighted by Gasteiger charge is -2.33. The van der Waals surface area contributed by atoms with E-state index in [0.717, 1.165) is 63.5 Å². The molecule has 0 spiro atoms. The van der Waals surface area contributed by atoms with Gasteiger partial charge in [-0.3, -0.25) is 0 Å². The van der Waals surface area contributed by atoms with Gasteiger partial charge in [0.05, 0.1) is 22.4 Å². The Bertz CT molecular complexity index is 2670. The highest BCUT2D eigenvalue weighted by Crippen LogP contribution is 2.56. The van der Waals surface area contributed by atoms with Crippen molar-refractivity contribution in [2.24, 2.45) is 0 Å². The smallest absolute Gasteiger partial charge is 0.0973 e. The average Bonchev–Trinajstić information content (AvgIpc) is 3.61. The first-order chi connectivity index (χ1) is 31.7. The van der Waals surface area contributed by atoms with E-state index in [1.807, 2.05) is 0 Å². The highest BCUT2D eigenvalue weighted by molar-refractivity contribution is 5.94. The summed E-state index contributed by atoms with van der Waals surface area (Å²) in [7, 11) is 0. The molecule has 64 heavy (non-hydrogen) atoms. The van der Waals surface area contributed by atoms with E-state index >= 15 is 0 Å². The second-order valence-electron chi connectivity index (χ2n) is 18.0. The van der Waals surface area contributed by atoms with Gasteiger partial charge in [-0.25, -0.2) is 9.97 Å². The molecule has 0 amide bonds. The van der Waals surface area contributed by atoms with Crippen LogP contribution in [0.1, 0.15) is 115 Å². The van der Waals surface area contributed by atoms with Crippen molar-refractivity contribution in [2.75, 3.05) is 4.90 Å². The Balaban J connectivity index is 1.16. The Morgan fingerprint density at radius 3 is 1.30 bits per heavy atom. The second kappa shape index (κ2) is 20.5. The minimum absolute atomic E-state index is 0.103. The van der Waals surface area contributed by atoms with Gasteiger partial charge in [0.1, 0.15) is 0 Å². The zero-order valence-corrected chi connectivity index (χ0v) is 38.0. The summed E-state index contributed by atoms with van der Waals surface area (Å²) >= 11 is 0. The number of rotatable bonds is 20. The molecule has 1 aliphatic rings. The molecule has 0 radical (unpaired) electrons. The fourth-order valence-electron chi connectivity index (χ4n) is 10.3. The van der Waals surface area contributed by atoms with Crippen LogP contribution in [-0.4, -0.2) is 9.97 Å². The molecule has 8 aromatic rings. The minimum Gasteiger partial charge on any atom is -0.311 e. The van der Waals surface area contributed by atoms with E-state index in [2.05, 4.69) is 195 Å². The molecule has 0 fully saturated rings. The SMILES string of the molecule is CCCCCCCCC1(CCCCCCCC)c2cc(-c3ccc(N(c4ccccc4)c4ccccc4)cc3)ccc2-c2cc3nc(-c4ccccc4)c(-c4ccccc4)nc3cc21. The van der Waals surface area contributed by atoms with Crippen LogP contribution in [0.15, 0.2) is 176 Å². The van der Waals surface area contributed by atoms with Crippen molar-refractivity contribution in [3.8, 4) is 44.8 Å². The Hall–Kier alpha value is -6.32. The molecule has 7 aromatic carbocycles. The molecule has 322 valence electrons. The summed E-state index contributed by atoms with van der Waals surface area (Å²) < 4.78 is 0. The molecule has 3 nitrogen and oxygen atoms in total. The number of fused-ring (bicyclic) bond motifs is 4. The third kappa shape index (κ3) is 9.18. The van der Waals surface area contributed by atoms with Crippen molar-refractivity contribution in [1.82, 2.24) is 9.97 Å². The molecular formula is C61H63N3. The van der Waals surface area contributed by atoms with Crippen LogP contribution in [0, 0.1) is 0 Å². The number of hydrogen-bond donors (Lipinski definition) is 0. The van der Waals surface area contributed by atoms with E-state index in [1.54, 1.807) is 0 Å². The molecule has 1 aromatic heterocycles. The molecule has 0 saturated heterocycles. The van der Waals surface area contributed by atoms with E-state index in [-0.39, 0.29) is 5.41 Å². The summed E-state index contributed by atoms with van der Waals surface area (Å²) in [6.07, 6.45) is 17.7. The first kappa shape index (κ1) is 43.0. The number of benzene rings is 7. The summed E-state index contributed by atoms with van der Waals surface area (Å²) in [5, 5.41) is 0.